The van der Waals surface area contributed by atoms with E-state index in [4.69, 9.17) is 19.9 Å². The molecule has 12 nitrogen and oxygen atoms in total. The molecular formula is C20H26N4O8. The van der Waals surface area contributed by atoms with Gasteiger partial charge in [-0.1, -0.05) is 0 Å². The van der Waals surface area contributed by atoms with Gasteiger partial charge in [0, 0.05) is 30.8 Å². The number of hydrogen-bond donors (Lipinski definition) is 4. The Morgan fingerprint density at radius 2 is 2.06 bits per heavy atom. The van der Waals surface area contributed by atoms with Crippen LogP contribution in [0.1, 0.15) is 13.8 Å². The van der Waals surface area contributed by atoms with E-state index in [0.717, 1.165) is 0 Å². The lowest BCUT2D eigenvalue weighted by Crippen LogP contribution is -2.55. The van der Waals surface area contributed by atoms with E-state index in [1.54, 1.807) is 11.8 Å². The number of carbonyl (C=O) groups excluding carboxylic acids is 4. The maximum absolute atomic E-state index is 13.6. The van der Waals surface area contributed by atoms with Gasteiger partial charge in [0.1, 0.15) is 12.6 Å². The summed E-state index contributed by atoms with van der Waals surface area (Å²) in [6.45, 7) is 2.71. The largest absolute Gasteiger partial charge is 0.464 e. The van der Waals surface area contributed by atoms with Crippen LogP contribution < -0.4 is 16.4 Å². The van der Waals surface area contributed by atoms with Crippen molar-refractivity contribution in [3.8, 4) is 0 Å². The van der Waals surface area contributed by atoms with Crippen molar-refractivity contribution in [3.05, 3.63) is 22.5 Å². The van der Waals surface area contributed by atoms with Crippen molar-refractivity contribution in [2.24, 2.45) is 11.7 Å². The zero-order valence-electron chi connectivity index (χ0n) is 18.0. The van der Waals surface area contributed by atoms with Gasteiger partial charge in [-0.15, -0.1) is 0 Å². The first kappa shape index (κ1) is 22.2. The van der Waals surface area contributed by atoms with Gasteiger partial charge in [-0.05, 0) is 13.8 Å². The molecule has 0 aromatic heterocycles. The van der Waals surface area contributed by atoms with Crippen LogP contribution in [0.5, 0.6) is 0 Å². The number of hydrogen-bond acceptors (Lipinski definition) is 11. The van der Waals surface area contributed by atoms with Crippen LogP contribution >= 0.6 is 0 Å². The molecule has 0 aromatic rings. The van der Waals surface area contributed by atoms with Crippen LogP contribution in [0.25, 0.3) is 0 Å². The SMILES string of the molecule is CCOC(=O)C(CO)NC1=C(C)C(=O)C2=C(C1=O)C(COC(N)=O)[C@@]1(OC)C3NC3CN21. The molecule has 32 heavy (non-hydrogen) atoms. The fraction of sp³-hybridized carbons (Fsp3) is 0.600. The Morgan fingerprint density at radius 1 is 1.34 bits per heavy atom. The number of piperazine rings is 1. The van der Waals surface area contributed by atoms with Gasteiger partial charge in [-0.2, -0.15) is 0 Å². The summed E-state index contributed by atoms with van der Waals surface area (Å²) < 4.78 is 15.9. The molecule has 4 rings (SSSR count). The summed E-state index contributed by atoms with van der Waals surface area (Å²) in [6.07, 6.45) is -1.02. The van der Waals surface area contributed by atoms with E-state index < -0.39 is 47.9 Å². The average molecular weight is 450 g/mol. The smallest absolute Gasteiger partial charge is 0.404 e. The Balaban J connectivity index is 1.73. The highest BCUT2D eigenvalue weighted by Gasteiger charge is 2.72. The van der Waals surface area contributed by atoms with Crippen molar-refractivity contribution in [3.63, 3.8) is 0 Å². The molecule has 3 aliphatic heterocycles. The van der Waals surface area contributed by atoms with Crippen LogP contribution in [0.2, 0.25) is 0 Å². The number of amides is 1. The van der Waals surface area contributed by atoms with Gasteiger partial charge in [-0.25, -0.2) is 9.59 Å². The molecule has 174 valence electrons. The summed E-state index contributed by atoms with van der Waals surface area (Å²) in [5.74, 6) is -2.50. The third kappa shape index (κ3) is 3.01. The van der Waals surface area contributed by atoms with E-state index in [2.05, 4.69) is 10.6 Å². The topological polar surface area (TPSA) is 179 Å². The number of esters is 1. The molecule has 1 aliphatic carbocycles. The van der Waals surface area contributed by atoms with Crippen LogP contribution in [-0.2, 0) is 28.6 Å². The zero-order chi connectivity index (χ0) is 23.4. The first-order valence-electron chi connectivity index (χ1n) is 10.3. The highest BCUT2D eigenvalue weighted by molar-refractivity contribution is 6.25. The number of nitrogens with two attached hydrogens (primary N) is 1. The second-order valence-corrected chi connectivity index (χ2v) is 8.05. The Labute approximate surface area is 183 Å². The average Bonchev–Trinajstić information content (AvgIpc) is 3.37. The predicted molar refractivity (Wildman–Crippen MR) is 107 cm³/mol. The lowest BCUT2D eigenvalue weighted by Gasteiger charge is -2.39. The number of ketones is 2. The van der Waals surface area contributed by atoms with Gasteiger partial charge in [-0.3, -0.25) is 9.59 Å². The molecule has 0 spiro atoms. The molecule has 0 aromatic carbocycles. The Kier molecular flexibility index (Phi) is 5.47. The molecule has 1 amide bonds. The van der Waals surface area contributed by atoms with Gasteiger partial charge >= 0.3 is 12.1 Å². The van der Waals surface area contributed by atoms with Crippen LogP contribution in [0.15, 0.2) is 22.5 Å². The standard InChI is InChI=1S/C20H26N4O8/c1-4-31-18(28)11(6-25)22-13-8(2)15(26)14-12(16(13)27)9(7-32-19(21)29)20(30-3)17-10(23-17)5-24(14)20/h9-11,17,22-23,25H,4-7H2,1-3H3,(H2,21,29)/t9?,10?,11?,17?,20-/m1/s1. The molecule has 4 unspecified atom stereocenters. The predicted octanol–water partition coefficient (Wildman–Crippen LogP) is -2.10. The number of fused-ring (bicyclic) bond motifs is 4. The molecule has 4 aliphatic rings. The quantitative estimate of drug-likeness (QED) is 0.181. The summed E-state index contributed by atoms with van der Waals surface area (Å²) in [5.41, 5.74) is 4.38. The minimum atomic E-state index is -1.23. The molecule has 0 saturated carbocycles. The molecule has 2 saturated heterocycles. The lowest BCUT2D eigenvalue weighted by atomic mass is 9.82. The van der Waals surface area contributed by atoms with Gasteiger partial charge in [0.2, 0.25) is 11.6 Å². The van der Waals surface area contributed by atoms with Crippen molar-refractivity contribution in [1.29, 1.82) is 0 Å². The number of Topliss-reactive ketones (excluding diaryl/α,β-unsaturated/α-hetero) is 2. The summed E-state index contributed by atoms with van der Waals surface area (Å²) in [4.78, 5) is 52.3. The number of primary amides is 1. The number of ether oxygens (including phenoxy) is 3. The zero-order valence-corrected chi connectivity index (χ0v) is 18.0. The van der Waals surface area contributed by atoms with Gasteiger partial charge in [0.15, 0.2) is 5.72 Å². The third-order valence-electron chi connectivity index (χ3n) is 6.50. The van der Waals surface area contributed by atoms with E-state index >= 15 is 0 Å². The molecule has 5 atom stereocenters. The number of aliphatic hydroxyl groups excluding tert-OH is 1. The van der Waals surface area contributed by atoms with E-state index in [0.29, 0.717) is 6.54 Å². The Morgan fingerprint density at radius 3 is 2.66 bits per heavy atom. The van der Waals surface area contributed by atoms with E-state index in [-0.39, 0.29) is 47.8 Å². The van der Waals surface area contributed by atoms with Crippen molar-refractivity contribution in [2.45, 2.75) is 37.7 Å². The van der Waals surface area contributed by atoms with Gasteiger partial charge < -0.3 is 40.6 Å². The van der Waals surface area contributed by atoms with Gasteiger partial charge in [0.25, 0.3) is 0 Å². The van der Waals surface area contributed by atoms with E-state index in [1.165, 1.54) is 14.0 Å². The number of carbonyl (C=O) groups is 4. The molecule has 0 radical (unpaired) electrons. The minimum Gasteiger partial charge on any atom is -0.464 e. The van der Waals surface area contributed by atoms with Crippen molar-refractivity contribution >= 4 is 23.6 Å². The maximum atomic E-state index is 13.6. The van der Waals surface area contributed by atoms with Crippen LogP contribution in [0, 0.1) is 5.92 Å². The van der Waals surface area contributed by atoms with E-state index in [1.807, 2.05) is 0 Å². The second-order valence-electron chi connectivity index (χ2n) is 8.05. The summed E-state index contributed by atoms with van der Waals surface area (Å²) in [6, 6.07) is -1.32. The van der Waals surface area contributed by atoms with Crippen LogP contribution in [-0.4, -0.2) is 91.0 Å². The first-order valence-corrected chi connectivity index (χ1v) is 10.3. The number of methoxy groups -OCH3 is 1. The number of allylic oxidation sites excluding steroid dienone is 2. The molecule has 5 N–H and O–H groups in total. The number of nitrogens with zero attached hydrogens (tertiary/aromatic N) is 1. The minimum absolute atomic E-state index is 0.0781. The fourth-order valence-electron chi connectivity index (χ4n) is 5.06. The van der Waals surface area contributed by atoms with Gasteiger partial charge in [0.05, 0.1) is 36.6 Å². The van der Waals surface area contributed by atoms with Crippen molar-refractivity contribution < 1.29 is 38.5 Å². The van der Waals surface area contributed by atoms with E-state index in [9.17, 15) is 24.3 Å². The summed E-state index contributed by atoms with van der Waals surface area (Å²) in [5, 5.41) is 15.6. The molecule has 12 heteroatoms. The number of rotatable bonds is 8. The van der Waals surface area contributed by atoms with Crippen LogP contribution in [0.3, 0.4) is 0 Å². The summed E-state index contributed by atoms with van der Waals surface area (Å²) in [7, 11) is 1.47. The Hall–Kier alpha value is -2.96. The second kappa shape index (κ2) is 7.87. The molecule has 0 bridgehead atoms. The number of aliphatic hydroxyl groups is 1. The van der Waals surface area contributed by atoms with Crippen molar-refractivity contribution in [2.75, 3.05) is 33.5 Å². The highest BCUT2D eigenvalue weighted by atomic mass is 16.6. The molecule has 2 fully saturated rings. The van der Waals surface area contributed by atoms with Crippen LogP contribution in [0.4, 0.5) is 4.79 Å². The van der Waals surface area contributed by atoms with Crippen molar-refractivity contribution in [1.82, 2.24) is 15.5 Å². The molecular weight excluding hydrogens is 424 g/mol. The number of nitrogens with one attached hydrogen (secondary N) is 2. The normalized spacial score (nSPS) is 31.2. The monoisotopic (exact) mass is 450 g/mol. The Bertz CT molecular complexity index is 959. The maximum Gasteiger partial charge on any atom is 0.404 e. The lowest BCUT2D eigenvalue weighted by molar-refractivity contribution is -0.146. The molecule has 3 heterocycles. The third-order valence-corrected chi connectivity index (χ3v) is 6.50. The fourth-order valence-corrected chi connectivity index (χ4v) is 5.06. The summed E-state index contributed by atoms with van der Waals surface area (Å²) >= 11 is 0. The first-order chi connectivity index (χ1) is 15.2. The highest BCUT2D eigenvalue weighted by Crippen LogP contribution is 2.55.